The minimum atomic E-state index is -1.94. The molecule has 0 fully saturated rings. The van der Waals surface area contributed by atoms with Gasteiger partial charge in [0, 0.05) is 22.6 Å². The molecule has 0 unspecified atom stereocenters. The molecule has 11 heteroatoms. The molecule has 5 rings (SSSR count). The lowest BCUT2D eigenvalue weighted by molar-refractivity contribution is -0.172. The molecular formula is C27H27FN4O6. The van der Waals surface area contributed by atoms with E-state index >= 15 is 0 Å². The smallest absolute Gasteiger partial charge is 0.343 e. The number of aryl methyl sites for hydroxylation is 1. The number of cyclic esters (lactones) is 1. The van der Waals surface area contributed by atoms with Crippen molar-refractivity contribution in [1.82, 2.24) is 14.9 Å². The summed E-state index contributed by atoms with van der Waals surface area (Å²) in [6.45, 7) is 3.30. The lowest BCUT2D eigenvalue weighted by Gasteiger charge is -2.31. The molecule has 1 amide bonds. The maximum atomic E-state index is 14.5. The summed E-state index contributed by atoms with van der Waals surface area (Å²) in [6.07, 6.45) is 3.60. The van der Waals surface area contributed by atoms with E-state index in [1.54, 1.807) is 32.1 Å². The summed E-state index contributed by atoms with van der Waals surface area (Å²) >= 11 is 0. The van der Waals surface area contributed by atoms with Gasteiger partial charge in [-0.3, -0.25) is 9.59 Å². The Morgan fingerprint density at radius 2 is 2.13 bits per heavy atom. The second-order valence-corrected chi connectivity index (χ2v) is 9.30. The van der Waals surface area contributed by atoms with Crippen LogP contribution >= 0.6 is 0 Å². The number of hydrogen-bond donors (Lipinski definition) is 3. The normalized spacial score (nSPS) is 17.9. The number of fused-ring (bicyclic) bond motifs is 5. The Labute approximate surface area is 216 Å². The largest absolute Gasteiger partial charge is 0.458 e. The van der Waals surface area contributed by atoms with Gasteiger partial charge in [0.25, 0.3) is 5.56 Å². The molecule has 3 aromatic rings. The molecule has 0 saturated heterocycles. The van der Waals surface area contributed by atoms with E-state index in [0.717, 1.165) is 11.1 Å². The van der Waals surface area contributed by atoms with Crippen molar-refractivity contribution in [2.75, 3.05) is 19.9 Å². The average molecular weight is 523 g/mol. The average Bonchev–Trinajstić information content (AvgIpc) is 3.27. The predicted molar refractivity (Wildman–Crippen MR) is 136 cm³/mol. The van der Waals surface area contributed by atoms with Gasteiger partial charge in [0.2, 0.25) is 5.91 Å². The first-order chi connectivity index (χ1) is 18.2. The van der Waals surface area contributed by atoms with Crippen LogP contribution in [-0.2, 0) is 37.8 Å². The summed E-state index contributed by atoms with van der Waals surface area (Å²) < 4.78 is 26.6. The summed E-state index contributed by atoms with van der Waals surface area (Å²) in [4.78, 5) is 41.9. The van der Waals surface area contributed by atoms with Crippen molar-refractivity contribution >= 4 is 28.9 Å². The number of rotatable bonds is 7. The molecule has 0 spiro atoms. The SMILES string of the molecule is CC[C@@]1(O)C(=O)OCc2c1cc1n(c2=O)Cc2c-1nc1cc(F)c(C)cc1c2/C=C/COCNC(=O)CN. The lowest BCUT2D eigenvalue weighted by atomic mass is 9.86. The van der Waals surface area contributed by atoms with Crippen LogP contribution in [0.2, 0.25) is 0 Å². The molecule has 1 atom stereocenters. The number of amides is 1. The van der Waals surface area contributed by atoms with Crippen molar-refractivity contribution < 1.29 is 28.6 Å². The molecule has 4 N–H and O–H groups in total. The van der Waals surface area contributed by atoms with Gasteiger partial charge in [0.1, 0.15) is 19.2 Å². The van der Waals surface area contributed by atoms with E-state index in [2.05, 4.69) is 5.32 Å². The van der Waals surface area contributed by atoms with Gasteiger partial charge in [-0.25, -0.2) is 14.2 Å². The van der Waals surface area contributed by atoms with Crippen molar-refractivity contribution in [3.8, 4) is 11.4 Å². The maximum Gasteiger partial charge on any atom is 0.343 e. The first kappa shape index (κ1) is 25.7. The van der Waals surface area contributed by atoms with Crippen LogP contribution in [0.5, 0.6) is 0 Å². The Hall–Kier alpha value is -3.93. The Morgan fingerprint density at radius 3 is 2.87 bits per heavy atom. The van der Waals surface area contributed by atoms with Crippen molar-refractivity contribution in [2.45, 2.75) is 39.0 Å². The van der Waals surface area contributed by atoms with E-state index < -0.39 is 17.4 Å². The molecule has 2 aliphatic rings. The van der Waals surface area contributed by atoms with E-state index in [4.69, 9.17) is 20.2 Å². The number of carbonyl (C=O) groups is 2. The summed E-state index contributed by atoms with van der Waals surface area (Å²) in [7, 11) is 0. The highest BCUT2D eigenvalue weighted by Crippen LogP contribution is 2.40. The third-order valence-electron chi connectivity index (χ3n) is 7.07. The van der Waals surface area contributed by atoms with Crippen molar-refractivity contribution in [1.29, 1.82) is 0 Å². The first-order valence-electron chi connectivity index (χ1n) is 12.2. The van der Waals surface area contributed by atoms with Crippen molar-refractivity contribution in [3.05, 3.63) is 68.3 Å². The molecular weight excluding hydrogens is 495 g/mol. The van der Waals surface area contributed by atoms with Crippen LogP contribution < -0.4 is 16.6 Å². The van der Waals surface area contributed by atoms with Crippen LogP contribution in [0.4, 0.5) is 4.39 Å². The van der Waals surface area contributed by atoms with Crippen LogP contribution in [0.25, 0.3) is 28.4 Å². The highest BCUT2D eigenvalue weighted by molar-refractivity contribution is 5.94. The summed E-state index contributed by atoms with van der Waals surface area (Å²) in [5, 5.41) is 14.3. The number of nitrogens with two attached hydrogens (primary N) is 1. The Bertz CT molecular complexity index is 1580. The molecule has 198 valence electrons. The number of nitrogens with zero attached hydrogens (tertiary/aromatic N) is 2. The third-order valence-corrected chi connectivity index (χ3v) is 7.07. The van der Waals surface area contributed by atoms with Crippen molar-refractivity contribution in [3.63, 3.8) is 0 Å². The number of nitrogens with one attached hydrogen (secondary N) is 1. The molecule has 0 saturated carbocycles. The summed E-state index contributed by atoms with van der Waals surface area (Å²) in [5.41, 5.74) is 6.59. The van der Waals surface area contributed by atoms with E-state index in [1.165, 1.54) is 10.6 Å². The molecule has 1 aromatic carbocycles. The van der Waals surface area contributed by atoms with Gasteiger partial charge in [0.05, 0.1) is 42.2 Å². The fourth-order valence-corrected chi connectivity index (χ4v) is 4.93. The fourth-order valence-electron chi connectivity index (χ4n) is 4.93. The van der Waals surface area contributed by atoms with Crippen LogP contribution in [0.1, 0.15) is 41.2 Å². The zero-order chi connectivity index (χ0) is 27.2. The molecule has 10 nitrogen and oxygen atoms in total. The number of carbonyl (C=O) groups excluding carboxylic acids is 2. The van der Waals surface area contributed by atoms with E-state index in [0.29, 0.717) is 27.9 Å². The van der Waals surface area contributed by atoms with Gasteiger partial charge < -0.3 is 30.2 Å². The molecule has 2 aliphatic heterocycles. The van der Waals surface area contributed by atoms with Gasteiger partial charge in [-0.05, 0) is 36.6 Å². The second-order valence-electron chi connectivity index (χ2n) is 9.30. The van der Waals surface area contributed by atoms with Gasteiger partial charge in [-0.2, -0.15) is 0 Å². The fraction of sp³-hybridized carbons (Fsp3) is 0.333. The minimum Gasteiger partial charge on any atom is -0.458 e. The van der Waals surface area contributed by atoms with Gasteiger partial charge in [-0.1, -0.05) is 19.1 Å². The van der Waals surface area contributed by atoms with Crippen LogP contribution in [0.3, 0.4) is 0 Å². The van der Waals surface area contributed by atoms with E-state index in [-0.39, 0.29) is 62.0 Å². The maximum absolute atomic E-state index is 14.5. The topological polar surface area (TPSA) is 146 Å². The molecule has 2 aromatic heterocycles. The van der Waals surface area contributed by atoms with Crippen LogP contribution in [0.15, 0.2) is 29.1 Å². The molecule has 38 heavy (non-hydrogen) atoms. The Balaban J connectivity index is 1.62. The molecule has 0 radical (unpaired) electrons. The zero-order valence-corrected chi connectivity index (χ0v) is 21.0. The predicted octanol–water partition coefficient (Wildman–Crippen LogP) is 1.59. The third kappa shape index (κ3) is 4.08. The number of pyridine rings is 2. The number of aliphatic hydroxyl groups is 1. The monoisotopic (exact) mass is 522 g/mol. The zero-order valence-electron chi connectivity index (χ0n) is 21.0. The quantitative estimate of drug-likeness (QED) is 0.188. The van der Waals surface area contributed by atoms with Crippen LogP contribution in [-0.4, -0.2) is 46.4 Å². The van der Waals surface area contributed by atoms with Crippen LogP contribution in [0, 0.1) is 12.7 Å². The minimum absolute atomic E-state index is 0.00654. The summed E-state index contributed by atoms with van der Waals surface area (Å²) in [5.74, 6) is -1.55. The second kappa shape index (κ2) is 9.75. The van der Waals surface area contributed by atoms with Gasteiger partial charge in [0.15, 0.2) is 5.60 Å². The summed E-state index contributed by atoms with van der Waals surface area (Å²) in [6, 6.07) is 4.67. The number of benzene rings is 1. The Kier molecular flexibility index (Phi) is 6.59. The van der Waals surface area contributed by atoms with Gasteiger partial charge >= 0.3 is 5.97 Å². The van der Waals surface area contributed by atoms with E-state index in [1.807, 2.05) is 6.08 Å². The molecule has 4 heterocycles. The molecule has 0 bridgehead atoms. The van der Waals surface area contributed by atoms with Gasteiger partial charge in [-0.15, -0.1) is 0 Å². The standard InChI is InChI=1S/C27H27FN4O6/c1-3-27(36)19-8-22-24-17(11-32(22)25(34)18(19)12-38-26(27)35)15(5-4-6-37-13-30-23(33)10-29)16-7-14(2)20(28)9-21(16)31-24/h4-5,7-9,36H,3,6,10-13,29H2,1-2H3,(H,30,33)/b5-4+/t27-/m0/s1. The van der Waals surface area contributed by atoms with E-state index in [9.17, 15) is 23.9 Å². The number of aromatic nitrogens is 2. The first-order valence-corrected chi connectivity index (χ1v) is 12.2. The Morgan fingerprint density at radius 1 is 1.34 bits per heavy atom. The highest BCUT2D eigenvalue weighted by atomic mass is 19.1. The number of hydrogen-bond acceptors (Lipinski definition) is 8. The number of esters is 1. The number of ether oxygens (including phenoxy) is 2. The number of halogens is 1. The van der Waals surface area contributed by atoms with Crippen molar-refractivity contribution in [2.24, 2.45) is 5.73 Å². The lowest BCUT2D eigenvalue weighted by Crippen LogP contribution is -2.44. The highest BCUT2D eigenvalue weighted by Gasteiger charge is 2.45. The molecule has 0 aliphatic carbocycles.